The Morgan fingerprint density at radius 3 is 2.52 bits per heavy atom. The summed E-state index contributed by atoms with van der Waals surface area (Å²) in [7, 11) is 5.26. The predicted octanol–water partition coefficient (Wildman–Crippen LogP) is 0.340. The van der Waals surface area contributed by atoms with E-state index in [1.54, 1.807) is 4.90 Å². The lowest BCUT2D eigenvalue weighted by molar-refractivity contribution is -0.144. The Hall–Kier alpha value is -2.08. The van der Waals surface area contributed by atoms with E-state index >= 15 is 0 Å². The van der Waals surface area contributed by atoms with Crippen LogP contribution in [0.4, 0.5) is 5.69 Å². The van der Waals surface area contributed by atoms with Crippen LogP contribution in [-0.2, 0) is 9.53 Å². The predicted molar refractivity (Wildman–Crippen MR) is 80.5 cm³/mol. The molecule has 1 aliphatic rings. The number of carbonyl (C=O) groups is 2. The van der Waals surface area contributed by atoms with Crippen LogP contribution in [0.5, 0.6) is 0 Å². The number of anilines is 1. The maximum atomic E-state index is 12.5. The van der Waals surface area contributed by atoms with Crippen molar-refractivity contribution in [2.24, 2.45) is 0 Å². The number of piperazine rings is 1. The van der Waals surface area contributed by atoms with Crippen molar-refractivity contribution in [1.82, 2.24) is 10.2 Å². The fourth-order valence-electron chi connectivity index (χ4n) is 2.32. The molecule has 1 aromatic rings. The molecule has 6 heteroatoms. The van der Waals surface area contributed by atoms with E-state index in [-0.39, 0.29) is 11.9 Å². The number of nitrogens with zero attached hydrogens (tertiary/aromatic N) is 2. The van der Waals surface area contributed by atoms with E-state index in [4.69, 9.17) is 4.74 Å². The second-order valence-corrected chi connectivity index (χ2v) is 5.22. The summed E-state index contributed by atoms with van der Waals surface area (Å²) in [6, 6.07) is 6.99. The molecule has 1 aromatic carbocycles. The van der Waals surface area contributed by atoms with Gasteiger partial charge in [0.05, 0.1) is 7.11 Å². The van der Waals surface area contributed by atoms with Gasteiger partial charge < -0.3 is 19.9 Å². The number of amides is 1. The average Bonchev–Trinajstić information content (AvgIpc) is 2.53. The largest absolute Gasteiger partial charge is 0.468 e. The Kier molecular flexibility index (Phi) is 4.80. The molecule has 114 valence electrons. The zero-order valence-corrected chi connectivity index (χ0v) is 12.6. The van der Waals surface area contributed by atoms with Crippen molar-refractivity contribution in [3.63, 3.8) is 0 Å². The van der Waals surface area contributed by atoms with E-state index in [2.05, 4.69) is 5.32 Å². The van der Waals surface area contributed by atoms with Crippen molar-refractivity contribution in [3.05, 3.63) is 29.8 Å². The minimum Gasteiger partial charge on any atom is -0.468 e. The highest BCUT2D eigenvalue weighted by Crippen LogP contribution is 2.14. The number of ether oxygens (including phenoxy) is 1. The van der Waals surface area contributed by atoms with Gasteiger partial charge in [-0.25, -0.2) is 0 Å². The molecule has 1 unspecified atom stereocenters. The molecule has 21 heavy (non-hydrogen) atoms. The van der Waals surface area contributed by atoms with Gasteiger partial charge in [-0.1, -0.05) is 0 Å². The summed E-state index contributed by atoms with van der Waals surface area (Å²) in [6.07, 6.45) is 0. The van der Waals surface area contributed by atoms with Crippen molar-refractivity contribution in [2.45, 2.75) is 6.04 Å². The fraction of sp³-hybridized carbons (Fsp3) is 0.467. The molecule has 0 spiro atoms. The van der Waals surface area contributed by atoms with Crippen molar-refractivity contribution in [3.8, 4) is 0 Å². The Morgan fingerprint density at radius 1 is 1.29 bits per heavy atom. The summed E-state index contributed by atoms with van der Waals surface area (Å²) in [5.74, 6) is -0.397. The number of hydrogen-bond acceptors (Lipinski definition) is 5. The van der Waals surface area contributed by atoms with E-state index in [0.717, 1.165) is 5.69 Å². The van der Waals surface area contributed by atoms with Crippen LogP contribution in [0.25, 0.3) is 0 Å². The van der Waals surface area contributed by atoms with Crippen molar-refractivity contribution < 1.29 is 14.3 Å². The highest BCUT2D eigenvalue weighted by molar-refractivity contribution is 5.95. The van der Waals surface area contributed by atoms with E-state index in [1.807, 2.05) is 43.3 Å². The summed E-state index contributed by atoms with van der Waals surface area (Å²) in [4.78, 5) is 27.7. The molecule has 1 N–H and O–H groups in total. The number of rotatable bonds is 3. The second kappa shape index (κ2) is 6.58. The standard InChI is InChI=1S/C15H21N3O3/c1-17(2)12-6-4-11(5-7-12)14(19)18-9-8-16-13(10-18)15(20)21-3/h4-7,13,16H,8-10H2,1-3H3. The Balaban J connectivity index is 2.06. The number of esters is 1. The van der Waals surface area contributed by atoms with Crippen molar-refractivity contribution >= 4 is 17.6 Å². The molecule has 0 bridgehead atoms. The van der Waals surface area contributed by atoms with Gasteiger partial charge in [0, 0.05) is 45.0 Å². The first-order valence-electron chi connectivity index (χ1n) is 6.91. The SMILES string of the molecule is COC(=O)C1CN(C(=O)c2ccc(N(C)C)cc2)CCN1. The van der Waals surface area contributed by atoms with E-state index in [9.17, 15) is 9.59 Å². The average molecular weight is 291 g/mol. The van der Waals surface area contributed by atoms with Gasteiger partial charge in [-0.3, -0.25) is 9.59 Å². The zero-order chi connectivity index (χ0) is 15.4. The van der Waals surface area contributed by atoms with Gasteiger partial charge in [-0.15, -0.1) is 0 Å². The van der Waals surface area contributed by atoms with E-state index in [0.29, 0.717) is 25.2 Å². The summed E-state index contributed by atoms with van der Waals surface area (Å²) < 4.78 is 4.72. The maximum absolute atomic E-state index is 12.5. The molecule has 1 fully saturated rings. The van der Waals surface area contributed by atoms with Gasteiger partial charge >= 0.3 is 5.97 Å². The molecule has 0 aliphatic carbocycles. The van der Waals surface area contributed by atoms with E-state index in [1.165, 1.54) is 7.11 Å². The van der Waals surface area contributed by atoms with E-state index < -0.39 is 6.04 Å². The van der Waals surface area contributed by atoms with Gasteiger partial charge in [0.25, 0.3) is 5.91 Å². The summed E-state index contributed by atoms with van der Waals surface area (Å²) >= 11 is 0. The minimum atomic E-state index is -0.450. The maximum Gasteiger partial charge on any atom is 0.324 e. The van der Waals surface area contributed by atoms with Crippen LogP contribution in [0.3, 0.4) is 0 Å². The topological polar surface area (TPSA) is 61.9 Å². The fourth-order valence-corrected chi connectivity index (χ4v) is 2.32. The molecule has 0 saturated carbocycles. The van der Waals surface area contributed by atoms with Crippen LogP contribution < -0.4 is 10.2 Å². The minimum absolute atomic E-state index is 0.0595. The molecule has 1 aliphatic heterocycles. The van der Waals surface area contributed by atoms with Crippen LogP contribution in [-0.4, -0.2) is 63.7 Å². The Bertz CT molecular complexity index is 513. The van der Waals surface area contributed by atoms with Gasteiger partial charge in [-0.05, 0) is 24.3 Å². The molecule has 1 atom stereocenters. The lowest BCUT2D eigenvalue weighted by Crippen LogP contribution is -2.56. The first-order chi connectivity index (χ1) is 10.0. The van der Waals surface area contributed by atoms with Crippen LogP contribution in [0.1, 0.15) is 10.4 Å². The molecular formula is C15H21N3O3. The van der Waals surface area contributed by atoms with Gasteiger partial charge in [0.15, 0.2) is 0 Å². The molecule has 0 radical (unpaired) electrons. The summed E-state index contributed by atoms with van der Waals surface area (Å²) in [6.45, 7) is 1.50. The lowest BCUT2D eigenvalue weighted by atomic mass is 10.1. The third kappa shape index (κ3) is 3.52. The molecule has 1 amide bonds. The lowest BCUT2D eigenvalue weighted by Gasteiger charge is -2.32. The van der Waals surface area contributed by atoms with Gasteiger partial charge in [-0.2, -0.15) is 0 Å². The number of methoxy groups -OCH3 is 1. The summed E-state index contributed by atoms with van der Waals surface area (Å²) in [5.41, 5.74) is 1.67. The van der Waals surface area contributed by atoms with Crippen LogP contribution in [0, 0.1) is 0 Å². The monoisotopic (exact) mass is 291 g/mol. The smallest absolute Gasteiger partial charge is 0.324 e. The van der Waals surface area contributed by atoms with Gasteiger partial charge in [0.2, 0.25) is 0 Å². The molecule has 1 heterocycles. The normalized spacial score (nSPS) is 18.2. The van der Waals surface area contributed by atoms with Crippen molar-refractivity contribution in [1.29, 1.82) is 0 Å². The molecular weight excluding hydrogens is 270 g/mol. The molecule has 1 saturated heterocycles. The second-order valence-electron chi connectivity index (χ2n) is 5.22. The van der Waals surface area contributed by atoms with Crippen LogP contribution in [0.15, 0.2) is 24.3 Å². The highest BCUT2D eigenvalue weighted by Gasteiger charge is 2.29. The Labute approximate surface area is 124 Å². The highest BCUT2D eigenvalue weighted by atomic mass is 16.5. The number of carbonyl (C=O) groups excluding carboxylic acids is 2. The Morgan fingerprint density at radius 2 is 1.95 bits per heavy atom. The van der Waals surface area contributed by atoms with Gasteiger partial charge in [0.1, 0.15) is 6.04 Å². The molecule has 6 nitrogen and oxygen atoms in total. The third-order valence-electron chi connectivity index (χ3n) is 3.58. The molecule has 2 rings (SSSR count). The van der Waals surface area contributed by atoms with Crippen molar-refractivity contribution in [2.75, 3.05) is 45.7 Å². The third-order valence-corrected chi connectivity index (χ3v) is 3.58. The number of hydrogen-bond donors (Lipinski definition) is 1. The summed E-state index contributed by atoms with van der Waals surface area (Å²) in [5, 5.41) is 3.06. The quantitative estimate of drug-likeness (QED) is 0.814. The number of benzene rings is 1. The van der Waals surface area contributed by atoms with Crippen LogP contribution in [0.2, 0.25) is 0 Å². The van der Waals surface area contributed by atoms with Crippen LogP contribution >= 0.6 is 0 Å². The zero-order valence-electron chi connectivity index (χ0n) is 12.6. The molecule has 0 aromatic heterocycles. The number of nitrogens with one attached hydrogen (secondary N) is 1. The first kappa shape index (κ1) is 15.3. The first-order valence-corrected chi connectivity index (χ1v) is 6.91.